The molecule has 27 heavy (non-hydrogen) atoms. The second-order valence-electron chi connectivity index (χ2n) is 7.25. The monoisotopic (exact) mass is 367 g/mol. The maximum Gasteiger partial charge on any atom is 0.321 e. The number of hydrogen-bond acceptors (Lipinski definition) is 2. The number of hydrogen-bond donors (Lipinski definition) is 1. The van der Waals surface area contributed by atoms with Gasteiger partial charge in [0.15, 0.2) is 0 Å². The average molecular weight is 367 g/mol. The molecule has 2 aromatic rings. The molecule has 1 N–H and O–H groups in total. The van der Waals surface area contributed by atoms with Crippen molar-refractivity contribution in [2.75, 3.05) is 31.1 Å². The molecule has 6 heteroatoms. The lowest BCUT2D eigenvalue weighted by Crippen LogP contribution is -2.51. The third-order valence-corrected chi connectivity index (χ3v) is 5.36. The Morgan fingerprint density at radius 1 is 1.22 bits per heavy atom. The third kappa shape index (κ3) is 3.39. The first-order chi connectivity index (χ1) is 13.0. The minimum atomic E-state index is -0.550. The largest absolute Gasteiger partial charge is 0.338 e. The first-order valence-corrected chi connectivity index (χ1v) is 9.21. The van der Waals surface area contributed by atoms with Gasteiger partial charge in [0, 0.05) is 31.9 Å². The Morgan fingerprint density at radius 2 is 2.00 bits per heavy atom. The van der Waals surface area contributed by atoms with E-state index in [0.717, 1.165) is 6.42 Å². The molecule has 2 aliphatic heterocycles. The van der Waals surface area contributed by atoms with Crippen LogP contribution >= 0.6 is 0 Å². The molecule has 4 rings (SSSR count). The fourth-order valence-electron chi connectivity index (χ4n) is 3.75. The van der Waals surface area contributed by atoms with Gasteiger partial charge in [-0.25, -0.2) is 9.18 Å². The molecule has 2 aromatic carbocycles. The molecule has 3 amide bonds. The molecule has 2 heterocycles. The van der Waals surface area contributed by atoms with Gasteiger partial charge in [0.25, 0.3) is 5.91 Å². The molecular formula is C21H22FN3O2. The van der Waals surface area contributed by atoms with Gasteiger partial charge in [-0.3, -0.25) is 9.69 Å². The summed E-state index contributed by atoms with van der Waals surface area (Å²) < 4.78 is 14.3. The number of likely N-dealkylation sites (tertiary alicyclic amines) is 1. The van der Waals surface area contributed by atoms with Gasteiger partial charge in [0.05, 0.1) is 5.56 Å². The van der Waals surface area contributed by atoms with Gasteiger partial charge in [-0.15, -0.1) is 0 Å². The Morgan fingerprint density at radius 3 is 2.70 bits per heavy atom. The topological polar surface area (TPSA) is 52.7 Å². The van der Waals surface area contributed by atoms with Crippen molar-refractivity contribution in [2.24, 2.45) is 5.92 Å². The summed E-state index contributed by atoms with van der Waals surface area (Å²) in [5, 5.41) is 2.71. The molecule has 0 spiro atoms. The lowest BCUT2D eigenvalue weighted by atomic mass is 9.90. The van der Waals surface area contributed by atoms with Crippen molar-refractivity contribution >= 4 is 17.6 Å². The molecule has 0 atom stereocenters. The lowest BCUT2D eigenvalue weighted by molar-refractivity contribution is 0.0496. The summed E-state index contributed by atoms with van der Waals surface area (Å²) in [7, 11) is 0. The summed E-state index contributed by atoms with van der Waals surface area (Å²) in [5.41, 5.74) is 3.13. The Balaban J connectivity index is 1.43. The minimum Gasteiger partial charge on any atom is -0.338 e. The van der Waals surface area contributed by atoms with Gasteiger partial charge in [0.2, 0.25) is 0 Å². The van der Waals surface area contributed by atoms with Crippen molar-refractivity contribution in [2.45, 2.75) is 13.3 Å². The quantitative estimate of drug-likeness (QED) is 0.903. The number of halogens is 1. The summed E-state index contributed by atoms with van der Waals surface area (Å²) in [6.45, 7) is 4.40. The highest BCUT2D eigenvalue weighted by Gasteiger charge is 2.33. The van der Waals surface area contributed by atoms with Crippen molar-refractivity contribution in [3.8, 4) is 0 Å². The minimum absolute atomic E-state index is 0.0292. The summed E-state index contributed by atoms with van der Waals surface area (Å²) in [4.78, 5) is 27.7. The van der Waals surface area contributed by atoms with Crippen LogP contribution in [0, 0.1) is 18.7 Å². The van der Waals surface area contributed by atoms with Gasteiger partial charge >= 0.3 is 6.03 Å². The number of amides is 3. The fourth-order valence-corrected chi connectivity index (χ4v) is 3.75. The summed E-state index contributed by atoms with van der Waals surface area (Å²) in [6, 6.07) is 12.3. The van der Waals surface area contributed by atoms with E-state index in [1.165, 1.54) is 34.2 Å². The van der Waals surface area contributed by atoms with E-state index in [1.807, 2.05) is 12.1 Å². The van der Waals surface area contributed by atoms with E-state index < -0.39 is 5.82 Å². The number of nitrogens with one attached hydrogen (secondary N) is 1. The van der Waals surface area contributed by atoms with Crippen molar-refractivity contribution in [3.63, 3.8) is 0 Å². The number of carbonyl (C=O) groups is 2. The Kier molecular flexibility index (Phi) is 4.56. The SMILES string of the molecule is Cc1ccccc1CC1CN(C(=O)c2cc(N3CCNC3=O)ccc2F)C1. The molecule has 140 valence electrons. The predicted octanol–water partition coefficient (Wildman–Crippen LogP) is 2.98. The molecule has 0 aliphatic carbocycles. The standard InChI is InChI=1S/C21H22FN3O2/c1-14-4-2-3-5-16(14)10-15-12-24(13-15)20(26)18-11-17(6-7-19(18)22)25-9-8-23-21(25)27/h2-7,11,15H,8-10,12-13H2,1H3,(H,23,27). The van der Waals surface area contributed by atoms with Crippen LogP contribution in [0.25, 0.3) is 0 Å². The Bertz CT molecular complexity index is 893. The molecule has 5 nitrogen and oxygen atoms in total. The molecule has 0 unspecified atom stereocenters. The second kappa shape index (κ2) is 7.02. The van der Waals surface area contributed by atoms with E-state index in [4.69, 9.17) is 0 Å². The van der Waals surface area contributed by atoms with Crippen LogP contribution in [0.4, 0.5) is 14.9 Å². The highest BCUT2D eigenvalue weighted by Crippen LogP contribution is 2.27. The van der Waals surface area contributed by atoms with Crippen LogP contribution in [0.15, 0.2) is 42.5 Å². The van der Waals surface area contributed by atoms with Gasteiger partial charge in [0.1, 0.15) is 5.82 Å². The molecule has 0 bridgehead atoms. The molecule has 2 saturated heterocycles. The highest BCUT2D eigenvalue weighted by atomic mass is 19.1. The number of benzene rings is 2. The first-order valence-electron chi connectivity index (χ1n) is 9.21. The Hall–Kier alpha value is -2.89. The number of aryl methyl sites for hydroxylation is 1. The van der Waals surface area contributed by atoms with Gasteiger partial charge < -0.3 is 10.2 Å². The number of carbonyl (C=O) groups excluding carboxylic acids is 2. The van der Waals surface area contributed by atoms with Crippen molar-refractivity contribution in [3.05, 3.63) is 65.0 Å². The van der Waals surface area contributed by atoms with Crippen LogP contribution in [0.1, 0.15) is 21.5 Å². The molecule has 2 aliphatic rings. The van der Waals surface area contributed by atoms with Crippen LogP contribution in [-0.4, -0.2) is 43.0 Å². The van der Waals surface area contributed by atoms with E-state index in [-0.39, 0.29) is 17.5 Å². The van der Waals surface area contributed by atoms with Crippen LogP contribution in [0.3, 0.4) is 0 Å². The van der Waals surface area contributed by atoms with Crippen LogP contribution in [0.2, 0.25) is 0 Å². The summed E-state index contributed by atoms with van der Waals surface area (Å²) in [5.74, 6) is -0.466. The maximum absolute atomic E-state index is 14.3. The van der Waals surface area contributed by atoms with E-state index in [2.05, 4.69) is 24.4 Å². The molecular weight excluding hydrogens is 345 g/mol. The summed E-state index contributed by atoms with van der Waals surface area (Å²) >= 11 is 0. The zero-order valence-electron chi connectivity index (χ0n) is 15.2. The third-order valence-electron chi connectivity index (χ3n) is 5.36. The second-order valence-corrected chi connectivity index (χ2v) is 7.25. The lowest BCUT2D eigenvalue weighted by Gasteiger charge is -2.39. The smallest absolute Gasteiger partial charge is 0.321 e. The number of nitrogens with zero attached hydrogens (tertiary/aromatic N) is 2. The van der Waals surface area contributed by atoms with E-state index in [1.54, 1.807) is 4.90 Å². The normalized spacial score (nSPS) is 17.0. The number of rotatable bonds is 4. The van der Waals surface area contributed by atoms with Gasteiger partial charge in [-0.1, -0.05) is 24.3 Å². The van der Waals surface area contributed by atoms with Crippen molar-refractivity contribution in [1.82, 2.24) is 10.2 Å². The molecule has 2 fully saturated rings. The first kappa shape index (κ1) is 17.5. The van der Waals surface area contributed by atoms with E-state index in [0.29, 0.717) is 37.8 Å². The molecule has 0 aromatic heterocycles. The van der Waals surface area contributed by atoms with E-state index >= 15 is 0 Å². The number of urea groups is 1. The summed E-state index contributed by atoms with van der Waals surface area (Å²) in [6.07, 6.45) is 0.924. The fraction of sp³-hybridized carbons (Fsp3) is 0.333. The van der Waals surface area contributed by atoms with Crippen molar-refractivity contribution in [1.29, 1.82) is 0 Å². The molecule has 0 saturated carbocycles. The average Bonchev–Trinajstić information content (AvgIpc) is 3.05. The zero-order chi connectivity index (χ0) is 19.0. The van der Waals surface area contributed by atoms with Crippen LogP contribution < -0.4 is 10.2 Å². The van der Waals surface area contributed by atoms with Crippen molar-refractivity contribution < 1.29 is 14.0 Å². The maximum atomic E-state index is 14.3. The predicted molar refractivity (Wildman–Crippen MR) is 101 cm³/mol. The van der Waals surface area contributed by atoms with Crippen LogP contribution in [-0.2, 0) is 6.42 Å². The molecule has 0 radical (unpaired) electrons. The Labute approximate surface area is 157 Å². The van der Waals surface area contributed by atoms with E-state index in [9.17, 15) is 14.0 Å². The van der Waals surface area contributed by atoms with Gasteiger partial charge in [-0.05, 0) is 48.6 Å². The highest BCUT2D eigenvalue weighted by molar-refractivity contribution is 5.99. The van der Waals surface area contributed by atoms with Crippen LogP contribution in [0.5, 0.6) is 0 Å². The number of anilines is 1. The zero-order valence-corrected chi connectivity index (χ0v) is 15.2. The van der Waals surface area contributed by atoms with Gasteiger partial charge in [-0.2, -0.15) is 0 Å².